The largest absolute Gasteiger partial charge is 0.337 e. The minimum Gasteiger partial charge on any atom is -0.337 e. The highest BCUT2D eigenvalue weighted by Crippen LogP contribution is 2.16. The van der Waals surface area contributed by atoms with E-state index < -0.39 is 0 Å². The van der Waals surface area contributed by atoms with Gasteiger partial charge in [0.1, 0.15) is 0 Å². The Morgan fingerprint density at radius 2 is 1.56 bits per heavy atom. The average molecular weight is 357 g/mol. The fraction of sp³-hybridized carbons (Fsp3) is 0.300. The van der Waals surface area contributed by atoms with Gasteiger partial charge in [0.15, 0.2) is 0 Å². The Balaban J connectivity index is 1.69. The van der Waals surface area contributed by atoms with Crippen LogP contribution in [0.2, 0.25) is 5.02 Å². The zero-order valence-electron chi connectivity index (χ0n) is 14.2. The van der Waals surface area contributed by atoms with E-state index in [9.17, 15) is 9.59 Å². The maximum atomic E-state index is 12.8. The van der Waals surface area contributed by atoms with E-state index in [4.69, 9.17) is 11.6 Å². The molecular formula is C20H21ClN2O2. The number of aryl methyl sites for hydroxylation is 1. The van der Waals surface area contributed by atoms with Crippen molar-refractivity contribution in [3.63, 3.8) is 0 Å². The number of benzene rings is 2. The van der Waals surface area contributed by atoms with Gasteiger partial charge in [-0.1, -0.05) is 35.9 Å². The highest BCUT2D eigenvalue weighted by molar-refractivity contribution is 6.30. The fourth-order valence-corrected chi connectivity index (χ4v) is 3.30. The van der Waals surface area contributed by atoms with Gasteiger partial charge >= 0.3 is 0 Å². The summed E-state index contributed by atoms with van der Waals surface area (Å²) in [4.78, 5) is 29.1. The first-order chi connectivity index (χ1) is 12.1. The zero-order chi connectivity index (χ0) is 17.8. The first-order valence-corrected chi connectivity index (χ1v) is 8.84. The maximum Gasteiger partial charge on any atom is 0.254 e. The van der Waals surface area contributed by atoms with E-state index in [2.05, 4.69) is 0 Å². The number of rotatable bonds is 2. The maximum absolute atomic E-state index is 12.8. The summed E-state index contributed by atoms with van der Waals surface area (Å²) in [5.74, 6) is 0.00263. The van der Waals surface area contributed by atoms with Crippen LogP contribution in [0.4, 0.5) is 0 Å². The van der Waals surface area contributed by atoms with E-state index in [0.717, 1.165) is 17.5 Å². The number of hydrogen-bond donors (Lipinski definition) is 0. The number of halogens is 1. The minimum atomic E-state index is -0.0345. The van der Waals surface area contributed by atoms with Crippen LogP contribution in [-0.2, 0) is 0 Å². The molecule has 0 saturated carbocycles. The molecule has 0 aliphatic carbocycles. The van der Waals surface area contributed by atoms with Gasteiger partial charge in [-0.05, 0) is 43.2 Å². The molecule has 0 spiro atoms. The SMILES string of the molecule is Cc1ccccc1C(=O)N1CCCN(C(=O)c2cccc(Cl)c2)CC1. The first kappa shape index (κ1) is 17.5. The average Bonchev–Trinajstić information content (AvgIpc) is 2.87. The Morgan fingerprint density at radius 1 is 0.880 bits per heavy atom. The monoisotopic (exact) mass is 356 g/mol. The number of carbonyl (C=O) groups is 2. The molecule has 25 heavy (non-hydrogen) atoms. The van der Waals surface area contributed by atoms with Crippen LogP contribution in [0.3, 0.4) is 0 Å². The summed E-state index contributed by atoms with van der Waals surface area (Å²) in [6.07, 6.45) is 0.768. The van der Waals surface area contributed by atoms with Gasteiger partial charge in [-0.25, -0.2) is 0 Å². The fourth-order valence-electron chi connectivity index (χ4n) is 3.11. The van der Waals surface area contributed by atoms with Crippen molar-refractivity contribution in [3.05, 3.63) is 70.2 Å². The molecule has 3 rings (SSSR count). The summed E-state index contributed by atoms with van der Waals surface area (Å²) in [6.45, 7) is 4.32. The highest BCUT2D eigenvalue weighted by Gasteiger charge is 2.24. The van der Waals surface area contributed by atoms with Crippen LogP contribution < -0.4 is 0 Å². The summed E-state index contributed by atoms with van der Waals surface area (Å²) in [7, 11) is 0. The molecule has 1 fully saturated rings. The summed E-state index contributed by atoms with van der Waals surface area (Å²) < 4.78 is 0. The number of amides is 2. The molecule has 1 saturated heterocycles. The van der Waals surface area contributed by atoms with Gasteiger partial charge in [-0.15, -0.1) is 0 Å². The topological polar surface area (TPSA) is 40.6 Å². The molecule has 0 aromatic heterocycles. The molecule has 1 heterocycles. The molecule has 130 valence electrons. The number of carbonyl (C=O) groups excluding carboxylic acids is 2. The van der Waals surface area contributed by atoms with E-state index in [0.29, 0.717) is 36.8 Å². The van der Waals surface area contributed by atoms with Crippen molar-refractivity contribution in [2.75, 3.05) is 26.2 Å². The van der Waals surface area contributed by atoms with E-state index in [1.807, 2.05) is 36.1 Å². The summed E-state index contributed by atoms with van der Waals surface area (Å²) in [5.41, 5.74) is 2.30. The third-order valence-corrected chi connectivity index (χ3v) is 4.75. The van der Waals surface area contributed by atoms with E-state index in [1.54, 1.807) is 29.2 Å². The number of hydrogen-bond acceptors (Lipinski definition) is 2. The smallest absolute Gasteiger partial charge is 0.254 e. The molecule has 1 aliphatic rings. The quantitative estimate of drug-likeness (QED) is 0.824. The number of nitrogens with zero attached hydrogens (tertiary/aromatic N) is 2. The van der Waals surface area contributed by atoms with Crippen molar-refractivity contribution < 1.29 is 9.59 Å². The van der Waals surface area contributed by atoms with Crippen LogP contribution in [0.5, 0.6) is 0 Å². The molecule has 0 unspecified atom stereocenters. The Kier molecular flexibility index (Phi) is 5.39. The van der Waals surface area contributed by atoms with Crippen molar-refractivity contribution in [2.45, 2.75) is 13.3 Å². The van der Waals surface area contributed by atoms with Crippen LogP contribution in [0.15, 0.2) is 48.5 Å². The minimum absolute atomic E-state index is 0.0345. The normalized spacial score (nSPS) is 15.0. The molecule has 2 amide bonds. The van der Waals surface area contributed by atoms with E-state index in [1.165, 1.54) is 0 Å². The lowest BCUT2D eigenvalue weighted by Crippen LogP contribution is -2.37. The molecule has 2 aromatic rings. The van der Waals surface area contributed by atoms with Crippen LogP contribution in [0.25, 0.3) is 0 Å². The second-order valence-electron chi connectivity index (χ2n) is 6.26. The van der Waals surface area contributed by atoms with Crippen molar-refractivity contribution in [1.82, 2.24) is 9.80 Å². The standard InChI is InChI=1S/C20H21ClN2O2/c1-15-6-2-3-9-18(15)20(25)23-11-5-10-22(12-13-23)19(24)16-7-4-8-17(21)14-16/h2-4,6-9,14H,5,10-13H2,1H3. The molecule has 0 bridgehead atoms. The molecule has 0 N–H and O–H groups in total. The lowest BCUT2D eigenvalue weighted by Gasteiger charge is -2.23. The highest BCUT2D eigenvalue weighted by atomic mass is 35.5. The van der Waals surface area contributed by atoms with Gasteiger partial charge in [-0.2, -0.15) is 0 Å². The zero-order valence-corrected chi connectivity index (χ0v) is 15.0. The second kappa shape index (κ2) is 7.70. The van der Waals surface area contributed by atoms with Crippen molar-refractivity contribution >= 4 is 23.4 Å². The Bertz CT molecular complexity index is 791. The van der Waals surface area contributed by atoms with Gasteiger partial charge in [0.25, 0.3) is 11.8 Å². The lowest BCUT2D eigenvalue weighted by molar-refractivity contribution is 0.0718. The van der Waals surface area contributed by atoms with Gasteiger partial charge in [0.05, 0.1) is 0 Å². The first-order valence-electron chi connectivity index (χ1n) is 8.46. The molecular weight excluding hydrogens is 336 g/mol. The summed E-state index contributed by atoms with van der Waals surface area (Å²) >= 11 is 5.98. The molecule has 1 aliphatic heterocycles. The Hall–Kier alpha value is -2.33. The second-order valence-corrected chi connectivity index (χ2v) is 6.70. The van der Waals surface area contributed by atoms with Crippen LogP contribution >= 0.6 is 11.6 Å². The van der Waals surface area contributed by atoms with Gasteiger partial charge in [0, 0.05) is 42.3 Å². The van der Waals surface area contributed by atoms with Gasteiger partial charge in [0.2, 0.25) is 0 Å². The molecule has 2 aromatic carbocycles. The summed E-state index contributed by atoms with van der Waals surface area (Å²) in [6, 6.07) is 14.6. The molecule has 0 radical (unpaired) electrons. The van der Waals surface area contributed by atoms with Crippen LogP contribution in [0.1, 0.15) is 32.7 Å². The van der Waals surface area contributed by atoms with Gasteiger partial charge in [-0.3, -0.25) is 9.59 Å². The van der Waals surface area contributed by atoms with E-state index >= 15 is 0 Å². The Morgan fingerprint density at radius 3 is 2.24 bits per heavy atom. The predicted molar refractivity (Wildman–Crippen MR) is 99.1 cm³/mol. The third-order valence-electron chi connectivity index (χ3n) is 4.52. The van der Waals surface area contributed by atoms with E-state index in [-0.39, 0.29) is 11.8 Å². The predicted octanol–water partition coefficient (Wildman–Crippen LogP) is 3.64. The van der Waals surface area contributed by atoms with Crippen molar-refractivity contribution in [1.29, 1.82) is 0 Å². The molecule has 4 nitrogen and oxygen atoms in total. The van der Waals surface area contributed by atoms with Gasteiger partial charge < -0.3 is 9.80 Å². The molecule has 0 atom stereocenters. The van der Waals surface area contributed by atoms with Crippen LogP contribution in [0, 0.1) is 6.92 Å². The van der Waals surface area contributed by atoms with Crippen LogP contribution in [-0.4, -0.2) is 47.8 Å². The van der Waals surface area contributed by atoms with Crippen molar-refractivity contribution in [2.24, 2.45) is 0 Å². The Labute approximate surface area is 153 Å². The van der Waals surface area contributed by atoms with Crippen molar-refractivity contribution in [3.8, 4) is 0 Å². The summed E-state index contributed by atoms with van der Waals surface area (Å²) in [5, 5.41) is 0.553. The molecule has 5 heteroatoms. The third kappa shape index (κ3) is 4.02. The lowest BCUT2D eigenvalue weighted by atomic mass is 10.1.